The summed E-state index contributed by atoms with van der Waals surface area (Å²) in [5, 5.41) is 10.8. The van der Waals surface area contributed by atoms with E-state index in [0.717, 1.165) is 24.3 Å². The van der Waals surface area contributed by atoms with E-state index < -0.39 is 5.60 Å². The first kappa shape index (κ1) is 7.63. The van der Waals surface area contributed by atoms with Crippen molar-refractivity contribution in [2.75, 3.05) is 0 Å². The zero-order valence-corrected chi connectivity index (χ0v) is 7.43. The Morgan fingerprint density at radius 2 is 2.45 bits per heavy atom. The predicted octanol–water partition coefficient (Wildman–Crippen LogP) is 2.29. The first-order chi connectivity index (χ1) is 5.13. The van der Waals surface area contributed by atoms with E-state index in [9.17, 15) is 5.11 Å². The molecule has 0 aromatic carbocycles. The Hall–Kier alpha value is -0.0100. The van der Waals surface area contributed by atoms with Crippen LogP contribution in [-0.4, -0.2) is 10.7 Å². The summed E-state index contributed by atoms with van der Waals surface area (Å²) in [7, 11) is 0. The van der Waals surface area contributed by atoms with Crippen molar-refractivity contribution in [3.05, 3.63) is 11.1 Å². The van der Waals surface area contributed by atoms with E-state index in [1.807, 2.05) is 13.0 Å². The molecule has 62 valence electrons. The predicted molar refractivity (Wildman–Crippen MR) is 45.4 cm³/mol. The normalized spacial score (nSPS) is 49.2. The van der Waals surface area contributed by atoms with Crippen LogP contribution in [0.2, 0.25) is 0 Å². The fourth-order valence-electron chi connectivity index (χ4n) is 2.06. The van der Waals surface area contributed by atoms with Gasteiger partial charge in [-0.2, -0.15) is 0 Å². The van der Waals surface area contributed by atoms with E-state index in [-0.39, 0.29) is 5.92 Å². The number of hydrogen-bond donors (Lipinski definition) is 1. The second-order valence-corrected chi connectivity index (χ2v) is 4.32. The molecule has 0 bridgehead atoms. The second-order valence-electron chi connectivity index (χ2n) is 3.83. The molecule has 1 fully saturated rings. The van der Waals surface area contributed by atoms with E-state index >= 15 is 0 Å². The average Bonchev–Trinajstić information content (AvgIpc) is 2.59. The quantitative estimate of drug-likeness (QED) is 0.595. The molecule has 3 atom stereocenters. The van der Waals surface area contributed by atoms with Gasteiger partial charge in [0.1, 0.15) is 0 Å². The van der Waals surface area contributed by atoms with E-state index in [0.29, 0.717) is 5.92 Å². The van der Waals surface area contributed by atoms with Gasteiger partial charge in [0.25, 0.3) is 0 Å². The SMILES string of the molecule is CC1C=C(Cl)CC[C@@H]2C[C@@]12O. The minimum absolute atomic E-state index is 0.252. The van der Waals surface area contributed by atoms with E-state index in [1.54, 1.807) is 0 Å². The third-order valence-corrected chi connectivity index (χ3v) is 3.39. The standard InChI is InChI=1S/C9H13ClO/c1-6-4-8(10)3-2-7-5-9(6,7)11/h4,6-7,11H,2-3,5H2,1H3/t6?,7-,9-/m1/s1. The maximum absolute atomic E-state index is 9.91. The van der Waals surface area contributed by atoms with Gasteiger partial charge in [0.05, 0.1) is 5.60 Å². The van der Waals surface area contributed by atoms with Crippen LogP contribution in [-0.2, 0) is 0 Å². The number of allylic oxidation sites excluding steroid dienone is 1. The summed E-state index contributed by atoms with van der Waals surface area (Å²) in [5.41, 5.74) is -0.392. The maximum Gasteiger partial charge on any atom is 0.0740 e. The lowest BCUT2D eigenvalue weighted by Crippen LogP contribution is -2.19. The van der Waals surface area contributed by atoms with Gasteiger partial charge in [-0.15, -0.1) is 0 Å². The Morgan fingerprint density at radius 1 is 1.73 bits per heavy atom. The summed E-state index contributed by atoms with van der Waals surface area (Å²) in [6.07, 6.45) is 5.01. The molecule has 1 nitrogen and oxygen atoms in total. The van der Waals surface area contributed by atoms with Gasteiger partial charge in [-0.25, -0.2) is 0 Å². The van der Waals surface area contributed by atoms with Crippen LogP contribution >= 0.6 is 11.6 Å². The van der Waals surface area contributed by atoms with Crippen LogP contribution in [0.3, 0.4) is 0 Å². The number of aliphatic hydroxyl groups is 1. The van der Waals surface area contributed by atoms with Crippen LogP contribution in [0.5, 0.6) is 0 Å². The molecule has 0 radical (unpaired) electrons. The number of hydrogen-bond acceptors (Lipinski definition) is 1. The lowest BCUT2D eigenvalue weighted by atomic mass is 10.0. The van der Waals surface area contributed by atoms with Gasteiger partial charge in [0.15, 0.2) is 0 Å². The average molecular weight is 173 g/mol. The molecule has 0 heterocycles. The lowest BCUT2D eigenvalue weighted by Gasteiger charge is -2.13. The fourth-order valence-corrected chi connectivity index (χ4v) is 2.35. The molecule has 1 saturated carbocycles. The van der Waals surface area contributed by atoms with Crippen molar-refractivity contribution < 1.29 is 5.11 Å². The smallest absolute Gasteiger partial charge is 0.0740 e. The molecule has 0 aromatic rings. The van der Waals surface area contributed by atoms with Gasteiger partial charge in [-0.05, 0) is 25.2 Å². The molecule has 0 aromatic heterocycles. The highest BCUT2D eigenvalue weighted by molar-refractivity contribution is 6.29. The number of rotatable bonds is 0. The van der Waals surface area contributed by atoms with Gasteiger partial charge in [0, 0.05) is 11.0 Å². The van der Waals surface area contributed by atoms with Crippen molar-refractivity contribution >= 4 is 11.6 Å². The molecule has 0 saturated heterocycles. The van der Waals surface area contributed by atoms with Crippen molar-refractivity contribution in [2.45, 2.75) is 31.8 Å². The van der Waals surface area contributed by atoms with Gasteiger partial charge < -0.3 is 5.11 Å². The lowest BCUT2D eigenvalue weighted by molar-refractivity contribution is 0.0942. The summed E-state index contributed by atoms with van der Waals surface area (Å²) in [4.78, 5) is 0. The first-order valence-electron chi connectivity index (χ1n) is 4.21. The summed E-state index contributed by atoms with van der Waals surface area (Å²) < 4.78 is 0. The van der Waals surface area contributed by atoms with Crippen LogP contribution in [0.25, 0.3) is 0 Å². The minimum Gasteiger partial charge on any atom is -0.389 e. The Morgan fingerprint density at radius 3 is 3.18 bits per heavy atom. The van der Waals surface area contributed by atoms with Crippen molar-refractivity contribution in [3.63, 3.8) is 0 Å². The highest BCUT2D eigenvalue weighted by Gasteiger charge is 2.55. The third kappa shape index (κ3) is 1.11. The van der Waals surface area contributed by atoms with Crippen molar-refractivity contribution in [3.8, 4) is 0 Å². The number of fused-ring (bicyclic) bond motifs is 1. The van der Waals surface area contributed by atoms with E-state index in [2.05, 4.69) is 0 Å². The fraction of sp³-hybridized carbons (Fsp3) is 0.778. The molecule has 1 N–H and O–H groups in total. The molecular formula is C9H13ClO. The molecule has 0 spiro atoms. The monoisotopic (exact) mass is 172 g/mol. The highest BCUT2D eigenvalue weighted by Crippen LogP contribution is 2.54. The van der Waals surface area contributed by atoms with Gasteiger partial charge in [-0.1, -0.05) is 24.6 Å². The van der Waals surface area contributed by atoms with Gasteiger partial charge >= 0.3 is 0 Å². The molecule has 0 amide bonds. The Bertz CT molecular complexity index is 212. The topological polar surface area (TPSA) is 20.2 Å². The van der Waals surface area contributed by atoms with Crippen molar-refractivity contribution in [1.82, 2.24) is 0 Å². The molecule has 11 heavy (non-hydrogen) atoms. The first-order valence-corrected chi connectivity index (χ1v) is 4.59. The van der Waals surface area contributed by atoms with Gasteiger partial charge in [-0.3, -0.25) is 0 Å². The Balaban J connectivity index is 2.20. The zero-order valence-electron chi connectivity index (χ0n) is 6.68. The van der Waals surface area contributed by atoms with Crippen molar-refractivity contribution in [1.29, 1.82) is 0 Å². The summed E-state index contributed by atoms with van der Waals surface area (Å²) in [5.74, 6) is 0.771. The third-order valence-electron chi connectivity index (χ3n) is 3.07. The van der Waals surface area contributed by atoms with Crippen LogP contribution < -0.4 is 0 Å². The molecule has 2 aliphatic rings. The molecular weight excluding hydrogens is 160 g/mol. The molecule has 2 heteroatoms. The molecule has 2 rings (SSSR count). The largest absolute Gasteiger partial charge is 0.389 e. The highest BCUT2D eigenvalue weighted by atomic mass is 35.5. The Kier molecular flexibility index (Phi) is 1.55. The van der Waals surface area contributed by atoms with Crippen LogP contribution in [0, 0.1) is 11.8 Å². The van der Waals surface area contributed by atoms with E-state index in [4.69, 9.17) is 11.6 Å². The summed E-state index contributed by atoms with van der Waals surface area (Å²) >= 11 is 5.91. The molecule has 2 aliphatic carbocycles. The Labute approximate surface area is 72.1 Å². The molecule has 0 aliphatic heterocycles. The van der Waals surface area contributed by atoms with Gasteiger partial charge in [0.2, 0.25) is 0 Å². The minimum atomic E-state index is -0.392. The summed E-state index contributed by atoms with van der Waals surface area (Å²) in [6.45, 7) is 2.05. The zero-order chi connectivity index (χ0) is 8.06. The second kappa shape index (κ2) is 2.24. The van der Waals surface area contributed by atoms with Crippen LogP contribution in [0.15, 0.2) is 11.1 Å². The van der Waals surface area contributed by atoms with Crippen LogP contribution in [0.4, 0.5) is 0 Å². The maximum atomic E-state index is 9.91. The molecule has 1 unspecified atom stereocenters. The van der Waals surface area contributed by atoms with E-state index in [1.165, 1.54) is 0 Å². The summed E-state index contributed by atoms with van der Waals surface area (Å²) in [6, 6.07) is 0. The van der Waals surface area contributed by atoms with Crippen LogP contribution in [0.1, 0.15) is 26.2 Å². The van der Waals surface area contributed by atoms with Crippen molar-refractivity contribution in [2.24, 2.45) is 11.8 Å². The number of halogens is 1.